The molecule has 98 valence electrons. The summed E-state index contributed by atoms with van der Waals surface area (Å²) < 4.78 is 0. The summed E-state index contributed by atoms with van der Waals surface area (Å²) >= 11 is 0. The minimum Gasteiger partial charge on any atom is -0.404 e. The van der Waals surface area contributed by atoms with E-state index in [9.17, 15) is 0 Å². The molecule has 3 rings (SSSR count). The van der Waals surface area contributed by atoms with Crippen LogP contribution < -0.4 is 4.84 Å². The van der Waals surface area contributed by atoms with Crippen LogP contribution in [0.2, 0.25) is 0 Å². The van der Waals surface area contributed by atoms with Crippen LogP contribution in [0.4, 0.5) is 0 Å². The van der Waals surface area contributed by atoms with Crippen LogP contribution in [0.25, 0.3) is 0 Å². The van der Waals surface area contributed by atoms with E-state index in [4.69, 9.17) is 4.84 Å². The van der Waals surface area contributed by atoms with E-state index in [1.807, 2.05) is 18.2 Å². The van der Waals surface area contributed by atoms with Gasteiger partial charge in [0.2, 0.25) is 0 Å². The van der Waals surface area contributed by atoms with Gasteiger partial charge < -0.3 is 4.84 Å². The molecule has 19 heavy (non-hydrogen) atoms. The Labute approximate surface area is 114 Å². The maximum absolute atomic E-state index is 6.07. The Morgan fingerprint density at radius 1 is 0.895 bits per heavy atom. The topological polar surface area (TPSA) is 12.5 Å². The highest BCUT2D eigenvalue weighted by Gasteiger charge is 2.39. The molecule has 0 bridgehead atoms. The Morgan fingerprint density at radius 2 is 1.53 bits per heavy atom. The number of hydrogen-bond acceptors (Lipinski definition) is 2. The summed E-state index contributed by atoms with van der Waals surface area (Å²) in [6.07, 6.45) is 0. The maximum atomic E-state index is 6.07. The van der Waals surface area contributed by atoms with Crippen molar-refractivity contribution in [1.82, 2.24) is 5.06 Å². The second kappa shape index (κ2) is 4.39. The van der Waals surface area contributed by atoms with Gasteiger partial charge in [-0.25, -0.2) is 0 Å². The van der Waals surface area contributed by atoms with Gasteiger partial charge in [-0.2, -0.15) is 0 Å². The summed E-state index contributed by atoms with van der Waals surface area (Å²) in [5.41, 5.74) is 2.45. The van der Waals surface area contributed by atoms with Crippen molar-refractivity contribution >= 4 is 0 Å². The second-order valence-electron chi connectivity index (χ2n) is 5.94. The molecule has 2 aromatic carbocycles. The first-order valence-corrected chi connectivity index (χ1v) is 6.68. The van der Waals surface area contributed by atoms with Crippen LogP contribution in [0.15, 0.2) is 54.6 Å². The average molecular weight is 253 g/mol. The molecule has 1 heterocycles. The van der Waals surface area contributed by atoms with Gasteiger partial charge in [0, 0.05) is 11.1 Å². The fourth-order valence-electron chi connectivity index (χ4n) is 2.55. The van der Waals surface area contributed by atoms with E-state index in [0.717, 1.165) is 5.75 Å². The Morgan fingerprint density at radius 3 is 2.21 bits per heavy atom. The van der Waals surface area contributed by atoms with E-state index in [1.54, 1.807) is 0 Å². The largest absolute Gasteiger partial charge is 0.404 e. The highest BCUT2D eigenvalue weighted by atomic mass is 16.7. The summed E-state index contributed by atoms with van der Waals surface area (Å²) in [4.78, 5) is 6.07. The summed E-state index contributed by atoms with van der Waals surface area (Å²) in [5, 5.41) is 2.09. The van der Waals surface area contributed by atoms with Gasteiger partial charge in [-0.3, -0.25) is 0 Å². The van der Waals surface area contributed by atoms with Crippen LogP contribution in [-0.4, -0.2) is 10.6 Å². The molecular formula is C17H19NO. The zero-order valence-corrected chi connectivity index (χ0v) is 11.6. The lowest BCUT2D eigenvalue weighted by molar-refractivity contribution is -0.128. The number of hydroxylamine groups is 2. The van der Waals surface area contributed by atoms with Gasteiger partial charge in [-0.15, -0.1) is 5.06 Å². The first-order chi connectivity index (χ1) is 9.07. The van der Waals surface area contributed by atoms with Gasteiger partial charge in [-0.1, -0.05) is 48.5 Å². The number of hydrogen-bond donors (Lipinski definition) is 0. The highest BCUT2D eigenvalue weighted by Crippen LogP contribution is 2.44. The predicted octanol–water partition coefficient (Wildman–Crippen LogP) is 4.18. The molecule has 0 saturated carbocycles. The van der Waals surface area contributed by atoms with Crippen molar-refractivity contribution in [2.24, 2.45) is 0 Å². The molecule has 0 N–H and O–H groups in total. The molecule has 1 unspecified atom stereocenters. The minimum atomic E-state index is -0.0560. The van der Waals surface area contributed by atoms with Crippen molar-refractivity contribution in [3.05, 3.63) is 65.7 Å². The molecule has 1 aliphatic rings. The normalized spacial score (nSPS) is 19.0. The molecule has 1 atom stereocenters. The standard InChI is InChI=1S/C17H19NO/c1-17(2,3)18-16(13-9-5-4-6-10-13)14-11-7-8-12-15(14)19-18/h4-12,16H,1-3H3. The minimum absolute atomic E-state index is 0.0560. The molecule has 0 fully saturated rings. The van der Waals surface area contributed by atoms with Crippen LogP contribution in [0.5, 0.6) is 5.75 Å². The summed E-state index contributed by atoms with van der Waals surface area (Å²) in [5.74, 6) is 0.964. The third-order valence-corrected chi connectivity index (χ3v) is 3.42. The average Bonchev–Trinajstić information content (AvgIpc) is 2.79. The zero-order chi connectivity index (χ0) is 13.5. The van der Waals surface area contributed by atoms with Crippen molar-refractivity contribution < 1.29 is 4.84 Å². The molecule has 0 radical (unpaired) electrons. The molecular weight excluding hydrogens is 234 g/mol. The van der Waals surface area contributed by atoms with Gasteiger partial charge in [0.25, 0.3) is 0 Å². The SMILES string of the molecule is CC(C)(C)N1Oc2ccccc2C1c1ccccc1. The maximum Gasteiger partial charge on any atom is 0.152 e. The van der Waals surface area contributed by atoms with E-state index in [0.29, 0.717) is 0 Å². The number of para-hydroxylation sites is 1. The second-order valence-corrected chi connectivity index (χ2v) is 5.94. The lowest BCUT2D eigenvalue weighted by atomic mass is 9.95. The van der Waals surface area contributed by atoms with E-state index >= 15 is 0 Å². The zero-order valence-electron chi connectivity index (χ0n) is 11.6. The van der Waals surface area contributed by atoms with Crippen LogP contribution in [0.3, 0.4) is 0 Å². The lowest BCUT2D eigenvalue weighted by Crippen LogP contribution is -2.43. The van der Waals surface area contributed by atoms with Crippen molar-refractivity contribution in [3.63, 3.8) is 0 Å². The first kappa shape index (κ1) is 12.2. The molecule has 2 aromatic rings. The Kier molecular flexibility index (Phi) is 2.83. The van der Waals surface area contributed by atoms with Crippen molar-refractivity contribution in [2.45, 2.75) is 32.4 Å². The van der Waals surface area contributed by atoms with Crippen LogP contribution in [-0.2, 0) is 0 Å². The third kappa shape index (κ3) is 2.13. The quantitative estimate of drug-likeness (QED) is 0.755. The Hall–Kier alpha value is -1.80. The smallest absolute Gasteiger partial charge is 0.152 e. The van der Waals surface area contributed by atoms with E-state index < -0.39 is 0 Å². The molecule has 0 saturated heterocycles. The third-order valence-electron chi connectivity index (χ3n) is 3.42. The monoisotopic (exact) mass is 253 g/mol. The van der Waals surface area contributed by atoms with Crippen LogP contribution >= 0.6 is 0 Å². The molecule has 1 aliphatic heterocycles. The predicted molar refractivity (Wildman–Crippen MR) is 76.9 cm³/mol. The molecule has 2 nitrogen and oxygen atoms in total. The van der Waals surface area contributed by atoms with Gasteiger partial charge in [0.1, 0.15) is 6.04 Å². The Balaban J connectivity index is 2.11. The van der Waals surface area contributed by atoms with Gasteiger partial charge in [0.05, 0.1) is 0 Å². The van der Waals surface area contributed by atoms with Crippen LogP contribution in [0, 0.1) is 0 Å². The summed E-state index contributed by atoms with van der Waals surface area (Å²) in [6.45, 7) is 6.53. The molecule has 0 spiro atoms. The van der Waals surface area contributed by atoms with E-state index in [2.05, 4.69) is 62.2 Å². The van der Waals surface area contributed by atoms with Crippen molar-refractivity contribution in [1.29, 1.82) is 0 Å². The van der Waals surface area contributed by atoms with Crippen LogP contribution in [0.1, 0.15) is 37.9 Å². The molecule has 2 heteroatoms. The Bertz CT molecular complexity index is 571. The van der Waals surface area contributed by atoms with E-state index in [-0.39, 0.29) is 11.6 Å². The summed E-state index contributed by atoms with van der Waals surface area (Å²) in [6, 6.07) is 19.0. The van der Waals surface area contributed by atoms with Gasteiger partial charge in [0.15, 0.2) is 5.75 Å². The number of nitrogens with zero attached hydrogens (tertiary/aromatic N) is 1. The first-order valence-electron chi connectivity index (χ1n) is 6.68. The highest BCUT2D eigenvalue weighted by molar-refractivity contribution is 5.44. The molecule has 0 aromatic heterocycles. The van der Waals surface area contributed by atoms with Crippen molar-refractivity contribution in [2.75, 3.05) is 0 Å². The fourth-order valence-corrected chi connectivity index (χ4v) is 2.55. The fraction of sp³-hybridized carbons (Fsp3) is 0.294. The molecule has 0 aliphatic carbocycles. The summed E-state index contributed by atoms with van der Waals surface area (Å²) in [7, 11) is 0. The van der Waals surface area contributed by atoms with E-state index in [1.165, 1.54) is 11.1 Å². The number of benzene rings is 2. The van der Waals surface area contributed by atoms with Gasteiger partial charge in [-0.05, 0) is 32.4 Å². The van der Waals surface area contributed by atoms with Gasteiger partial charge >= 0.3 is 0 Å². The van der Waals surface area contributed by atoms with Crippen molar-refractivity contribution in [3.8, 4) is 5.75 Å². The number of rotatable bonds is 1. The lowest BCUT2D eigenvalue weighted by Gasteiger charge is -2.34. The molecule has 0 amide bonds. The number of fused-ring (bicyclic) bond motifs is 1.